The molecule has 1 aromatic heterocycles. The van der Waals surface area contributed by atoms with Crippen molar-refractivity contribution in [3.8, 4) is 11.4 Å². The van der Waals surface area contributed by atoms with Crippen molar-refractivity contribution in [3.63, 3.8) is 0 Å². The zero-order valence-corrected chi connectivity index (χ0v) is 13.9. The number of aromatic nitrogens is 2. The number of nitrogens with zero attached hydrogens (tertiary/aromatic N) is 2. The Kier molecular flexibility index (Phi) is 4.33. The molecule has 0 spiro atoms. The maximum Gasteiger partial charge on any atom is 0.276 e. The molecule has 0 aliphatic rings. The van der Waals surface area contributed by atoms with Crippen molar-refractivity contribution >= 4 is 11.6 Å². The minimum atomic E-state index is -0.228. The van der Waals surface area contributed by atoms with Crippen molar-refractivity contribution in [2.24, 2.45) is 0 Å². The molecule has 1 heterocycles. The monoisotopic (exact) mass is 321 g/mol. The van der Waals surface area contributed by atoms with Gasteiger partial charge in [0.1, 0.15) is 5.75 Å². The summed E-state index contributed by atoms with van der Waals surface area (Å²) in [7, 11) is 1.63. The molecule has 24 heavy (non-hydrogen) atoms. The van der Waals surface area contributed by atoms with Crippen molar-refractivity contribution in [3.05, 3.63) is 71.5 Å². The quantitative estimate of drug-likeness (QED) is 0.796. The molecule has 0 unspecified atom stereocenters. The molecule has 1 amide bonds. The minimum absolute atomic E-state index is 0.228. The third kappa shape index (κ3) is 3.30. The molecular formula is C19H19N3O2. The topological polar surface area (TPSA) is 56.2 Å². The molecule has 0 aliphatic heterocycles. The Morgan fingerprint density at radius 1 is 1.04 bits per heavy atom. The normalized spacial score (nSPS) is 10.5. The fourth-order valence-electron chi connectivity index (χ4n) is 2.40. The van der Waals surface area contributed by atoms with E-state index in [0.29, 0.717) is 5.69 Å². The zero-order valence-electron chi connectivity index (χ0n) is 13.9. The third-order valence-corrected chi connectivity index (χ3v) is 3.75. The molecule has 3 rings (SSSR count). The summed E-state index contributed by atoms with van der Waals surface area (Å²) in [6, 6.07) is 17.0. The van der Waals surface area contributed by atoms with Gasteiger partial charge in [-0.15, -0.1) is 0 Å². The predicted octanol–water partition coefficient (Wildman–Crippen LogP) is 3.75. The van der Waals surface area contributed by atoms with Crippen LogP contribution in [0.4, 0.5) is 5.69 Å². The first-order chi connectivity index (χ1) is 11.6. The molecule has 0 atom stereocenters. The summed E-state index contributed by atoms with van der Waals surface area (Å²) in [5.41, 5.74) is 4.04. The number of carbonyl (C=O) groups excluding carboxylic acids is 1. The lowest BCUT2D eigenvalue weighted by Gasteiger charge is -2.06. The molecule has 3 aromatic rings. The summed E-state index contributed by atoms with van der Waals surface area (Å²) in [5.74, 6) is 0.551. The Balaban J connectivity index is 1.82. The van der Waals surface area contributed by atoms with E-state index in [1.54, 1.807) is 17.9 Å². The molecule has 0 bridgehead atoms. The predicted molar refractivity (Wildman–Crippen MR) is 94.0 cm³/mol. The molecule has 0 saturated heterocycles. The van der Waals surface area contributed by atoms with Gasteiger partial charge >= 0.3 is 0 Å². The lowest BCUT2D eigenvalue weighted by molar-refractivity contribution is 0.102. The number of anilines is 1. The van der Waals surface area contributed by atoms with Crippen molar-refractivity contribution in [2.75, 3.05) is 12.4 Å². The number of aryl methyl sites for hydroxylation is 2. The van der Waals surface area contributed by atoms with E-state index in [1.807, 2.05) is 62.4 Å². The Hall–Kier alpha value is -3.08. The zero-order chi connectivity index (χ0) is 17.1. The Morgan fingerprint density at radius 2 is 1.71 bits per heavy atom. The molecule has 5 nitrogen and oxygen atoms in total. The first-order valence-electron chi connectivity index (χ1n) is 7.66. The first kappa shape index (κ1) is 15.8. The second-order valence-electron chi connectivity index (χ2n) is 5.60. The van der Waals surface area contributed by atoms with Crippen molar-refractivity contribution in [1.29, 1.82) is 0 Å². The molecular weight excluding hydrogens is 302 g/mol. The SMILES string of the molecule is COc1ccc(-n2nc(C(=O)Nc3ccc(C)cc3)cc2C)cc1. The number of methoxy groups -OCH3 is 1. The van der Waals surface area contributed by atoms with E-state index >= 15 is 0 Å². The van der Waals surface area contributed by atoms with Gasteiger partial charge in [0.15, 0.2) is 5.69 Å². The molecule has 122 valence electrons. The average Bonchev–Trinajstić information content (AvgIpc) is 2.99. The number of benzene rings is 2. The Labute approximate surface area is 140 Å². The standard InChI is InChI=1S/C19H19N3O2/c1-13-4-6-15(7-5-13)20-19(23)18-12-14(2)22(21-18)16-8-10-17(24-3)11-9-16/h4-12H,1-3H3,(H,20,23). The molecule has 0 aliphatic carbocycles. The van der Waals surface area contributed by atoms with Gasteiger partial charge in [0.2, 0.25) is 0 Å². The third-order valence-electron chi connectivity index (χ3n) is 3.75. The summed E-state index contributed by atoms with van der Waals surface area (Å²) in [5, 5.41) is 7.27. The molecule has 1 N–H and O–H groups in total. The van der Waals surface area contributed by atoms with Crippen LogP contribution >= 0.6 is 0 Å². The van der Waals surface area contributed by atoms with Crippen LogP contribution in [-0.2, 0) is 0 Å². The Bertz CT molecular complexity index is 849. The van der Waals surface area contributed by atoms with Crippen LogP contribution in [-0.4, -0.2) is 22.8 Å². The summed E-state index contributed by atoms with van der Waals surface area (Å²) in [4.78, 5) is 12.4. The number of nitrogens with one attached hydrogen (secondary N) is 1. The van der Waals surface area contributed by atoms with Crippen molar-refractivity contribution in [2.45, 2.75) is 13.8 Å². The van der Waals surface area contributed by atoms with Crippen LogP contribution in [0.5, 0.6) is 5.75 Å². The van der Waals surface area contributed by atoms with Gasteiger partial charge in [0, 0.05) is 11.4 Å². The van der Waals surface area contributed by atoms with E-state index < -0.39 is 0 Å². The van der Waals surface area contributed by atoms with Crippen LogP contribution in [0.2, 0.25) is 0 Å². The number of rotatable bonds is 4. The van der Waals surface area contributed by atoms with Gasteiger partial charge in [-0.05, 0) is 56.3 Å². The van der Waals surface area contributed by atoms with Gasteiger partial charge in [-0.1, -0.05) is 17.7 Å². The highest BCUT2D eigenvalue weighted by Crippen LogP contribution is 2.17. The molecule has 0 saturated carbocycles. The number of hydrogen-bond donors (Lipinski definition) is 1. The first-order valence-corrected chi connectivity index (χ1v) is 7.66. The number of ether oxygens (including phenoxy) is 1. The second-order valence-corrected chi connectivity index (χ2v) is 5.60. The van der Waals surface area contributed by atoms with E-state index in [-0.39, 0.29) is 5.91 Å². The maximum absolute atomic E-state index is 12.4. The molecule has 0 fully saturated rings. The lowest BCUT2D eigenvalue weighted by Crippen LogP contribution is -2.13. The van der Waals surface area contributed by atoms with Crippen LogP contribution < -0.4 is 10.1 Å². The highest BCUT2D eigenvalue weighted by molar-refractivity contribution is 6.02. The van der Waals surface area contributed by atoms with Gasteiger partial charge < -0.3 is 10.1 Å². The van der Waals surface area contributed by atoms with Crippen molar-refractivity contribution < 1.29 is 9.53 Å². The van der Waals surface area contributed by atoms with Gasteiger partial charge in [0.05, 0.1) is 12.8 Å². The number of carbonyl (C=O) groups is 1. The summed E-state index contributed by atoms with van der Waals surface area (Å²) in [6.07, 6.45) is 0. The van der Waals surface area contributed by atoms with Gasteiger partial charge in [-0.25, -0.2) is 4.68 Å². The van der Waals surface area contributed by atoms with E-state index in [4.69, 9.17) is 4.74 Å². The second kappa shape index (κ2) is 6.58. The summed E-state index contributed by atoms with van der Waals surface area (Å²) >= 11 is 0. The molecule has 0 radical (unpaired) electrons. The van der Waals surface area contributed by atoms with Crippen LogP contribution in [0.1, 0.15) is 21.7 Å². The lowest BCUT2D eigenvalue weighted by atomic mass is 10.2. The van der Waals surface area contributed by atoms with E-state index in [0.717, 1.165) is 28.4 Å². The molecule has 2 aromatic carbocycles. The van der Waals surface area contributed by atoms with Crippen molar-refractivity contribution in [1.82, 2.24) is 9.78 Å². The van der Waals surface area contributed by atoms with E-state index in [1.165, 1.54) is 0 Å². The van der Waals surface area contributed by atoms with Crippen LogP contribution in [0.3, 0.4) is 0 Å². The van der Waals surface area contributed by atoms with E-state index in [9.17, 15) is 4.79 Å². The van der Waals surface area contributed by atoms with Gasteiger partial charge in [-0.3, -0.25) is 4.79 Å². The fourth-order valence-corrected chi connectivity index (χ4v) is 2.40. The van der Waals surface area contributed by atoms with Crippen LogP contribution in [0.25, 0.3) is 5.69 Å². The Morgan fingerprint density at radius 3 is 2.33 bits per heavy atom. The van der Waals surface area contributed by atoms with Crippen LogP contribution in [0.15, 0.2) is 54.6 Å². The number of hydrogen-bond acceptors (Lipinski definition) is 3. The molecule has 5 heteroatoms. The highest BCUT2D eigenvalue weighted by Gasteiger charge is 2.13. The summed E-state index contributed by atoms with van der Waals surface area (Å²) < 4.78 is 6.90. The average molecular weight is 321 g/mol. The smallest absolute Gasteiger partial charge is 0.276 e. The number of amides is 1. The highest BCUT2D eigenvalue weighted by atomic mass is 16.5. The fraction of sp³-hybridized carbons (Fsp3) is 0.158. The maximum atomic E-state index is 12.4. The largest absolute Gasteiger partial charge is 0.497 e. The van der Waals surface area contributed by atoms with Gasteiger partial charge in [-0.2, -0.15) is 5.10 Å². The van der Waals surface area contributed by atoms with Gasteiger partial charge in [0.25, 0.3) is 5.91 Å². The minimum Gasteiger partial charge on any atom is -0.497 e. The van der Waals surface area contributed by atoms with E-state index in [2.05, 4.69) is 10.4 Å². The van der Waals surface area contributed by atoms with Crippen LogP contribution in [0, 0.1) is 13.8 Å². The summed E-state index contributed by atoms with van der Waals surface area (Å²) in [6.45, 7) is 3.92.